The zero-order valence-corrected chi connectivity index (χ0v) is 13.1. The molecule has 0 radical (unpaired) electrons. The van der Waals surface area contributed by atoms with Gasteiger partial charge < -0.3 is 5.32 Å². The highest BCUT2D eigenvalue weighted by Crippen LogP contribution is 2.27. The molecule has 0 bridgehead atoms. The van der Waals surface area contributed by atoms with Crippen LogP contribution in [-0.2, 0) is 9.84 Å². The molecule has 1 N–H and O–H groups in total. The molecule has 0 spiro atoms. The zero-order valence-electron chi connectivity index (χ0n) is 10.7. The zero-order chi connectivity index (χ0) is 14.6. The molecule has 7 heteroatoms. The molecule has 1 aromatic carbocycles. The number of nitrogens with one attached hydrogen (secondary N) is 1. The first kappa shape index (κ1) is 16.5. The molecule has 0 amide bonds. The van der Waals surface area contributed by atoms with Crippen molar-refractivity contribution in [1.82, 2.24) is 5.32 Å². The summed E-state index contributed by atoms with van der Waals surface area (Å²) in [7, 11) is -3.17. The number of hydrogen-bond donors (Lipinski definition) is 1. The molecule has 19 heavy (non-hydrogen) atoms. The van der Waals surface area contributed by atoms with Crippen LogP contribution >= 0.6 is 15.9 Å². The van der Waals surface area contributed by atoms with Crippen molar-refractivity contribution in [2.45, 2.75) is 19.4 Å². The van der Waals surface area contributed by atoms with Crippen molar-refractivity contribution >= 4 is 25.8 Å². The van der Waals surface area contributed by atoms with E-state index in [0.29, 0.717) is 11.0 Å². The molecular weight excluding hydrogens is 340 g/mol. The summed E-state index contributed by atoms with van der Waals surface area (Å²) in [5.74, 6) is -1.50. The minimum Gasteiger partial charge on any atom is -0.310 e. The molecule has 0 aromatic heterocycles. The minimum absolute atomic E-state index is 0.117. The van der Waals surface area contributed by atoms with Crippen molar-refractivity contribution in [1.29, 1.82) is 0 Å². The Morgan fingerprint density at radius 2 is 1.84 bits per heavy atom. The van der Waals surface area contributed by atoms with E-state index in [9.17, 15) is 17.2 Å². The van der Waals surface area contributed by atoms with Gasteiger partial charge in [0.1, 0.15) is 21.5 Å². The summed E-state index contributed by atoms with van der Waals surface area (Å²) in [6.45, 7) is 2.28. The van der Waals surface area contributed by atoms with Crippen LogP contribution in [0, 0.1) is 11.6 Å². The number of sulfone groups is 1. The smallest absolute Gasteiger partial charge is 0.147 e. The van der Waals surface area contributed by atoms with Gasteiger partial charge in [0.05, 0.1) is 5.75 Å². The highest BCUT2D eigenvalue weighted by Gasteiger charge is 2.21. The second-order valence-electron chi connectivity index (χ2n) is 4.31. The molecule has 0 fully saturated rings. The summed E-state index contributed by atoms with van der Waals surface area (Å²) in [6.07, 6.45) is 1.23. The summed E-state index contributed by atoms with van der Waals surface area (Å²) >= 11 is 3.01. The maximum Gasteiger partial charge on any atom is 0.147 e. The van der Waals surface area contributed by atoms with E-state index in [0.717, 1.165) is 6.26 Å². The fraction of sp³-hybridized carbons (Fsp3) is 0.500. The van der Waals surface area contributed by atoms with Crippen molar-refractivity contribution in [2.24, 2.45) is 0 Å². The van der Waals surface area contributed by atoms with E-state index < -0.39 is 27.5 Å². The predicted octanol–water partition coefficient (Wildman–Crippen LogP) is 2.81. The average molecular weight is 356 g/mol. The molecule has 108 valence electrons. The van der Waals surface area contributed by atoms with Crippen molar-refractivity contribution < 1.29 is 17.2 Å². The fourth-order valence-electron chi connectivity index (χ4n) is 1.81. The SMILES string of the molecule is CCNC(CCS(C)(=O)=O)c1c(F)cc(Br)cc1F. The number of rotatable bonds is 6. The fourth-order valence-corrected chi connectivity index (χ4v) is 2.88. The Morgan fingerprint density at radius 3 is 2.26 bits per heavy atom. The molecule has 0 saturated carbocycles. The Kier molecular flexibility index (Phi) is 5.88. The molecule has 1 aromatic rings. The lowest BCUT2D eigenvalue weighted by Gasteiger charge is -2.19. The van der Waals surface area contributed by atoms with Crippen LogP contribution in [0.5, 0.6) is 0 Å². The van der Waals surface area contributed by atoms with Gasteiger partial charge in [0.2, 0.25) is 0 Å². The van der Waals surface area contributed by atoms with Gasteiger partial charge in [-0.25, -0.2) is 17.2 Å². The molecule has 0 aliphatic carbocycles. The van der Waals surface area contributed by atoms with Crippen LogP contribution in [-0.4, -0.2) is 27.0 Å². The highest BCUT2D eigenvalue weighted by atomic mass is 79.9. The molecule has 1 rings (SSSR count). The Bertz CT molecular complexity index is 526. The monoisotopic (exact) mass is 355 g/mol. The van der Waals surface area contributed by atoms with Crippen LogP contribution in [0.15, 0.2) is 16.6 Å². The van der Waals surface area contributed by atoms with Crippen molar-refractivity contribution in [3.63, 3.8) is 0 Å². The molecule has 0 heterocycles. The third kappa shape index (κ3) is 5.16. The predicted molar refractivity (Wildman–Crippen MR) is 74.8 cm³/mol. The van der Waals surface area contributed by atoms with Crippen LogP contribution in [0.3, 0.4) is 0 Å². The summed E-state index contributed by atoms with van der Waals surface area (Å²) < 4.78 is 50.3. The van der Waals surface area contributed by atoms with Gasteiger partial charge in [-0.1, -0.05) is 22.9 Å². The molecule has 3 nitrogen and oxygen atoms in total. The second kappa shape index (κ2) is 6.76. The quantitative estimate of drug-likeness (QED) is 0.853. The number of hydrogen-bond acceptors (Lipinski definition) is 3. The van der Waals surface area contributed by atoms with E-state index in [4.69, 9.17) is 0 Å². The van der Waals surface area contributed by atoms with Crippen molar-refractivity contribution in [2.75, 3.05) is 18.6 Å². The van der Waals surface area contributed by atoms with Gasteiger partial charge in [-0.3, -0.25) is 0 Å². The Hall–Kier alpha value is -0.530. The van der Waals surface area contributed by atoms with Gasteiger partial charge in [0.25, 0.3) is 0 Å². The average Bonchev–Trinajstić information content (AvgIpc) is 2.23. The van der Waals surface area contributed by atoms with E-state index in [-0.39, 0.29) is 17.7 Å². The highest BCUT2D eigenvalue weighted by molar-refractivity contribution is 9.10. The summed E-state index contributed by atoms with van der Waals surface area (Å²) in [4.78, 5) is 0. The van der Waals surface area contributed by atoms with Crippen LogP contribution in [0.2, 0.25) is 0 Å². The lowest BCUT2D eigenvalue weighted by atomic mass is 10.0. The van der Waals surface area contributed by atoms with Crippen LogP contribution in [0.4, 0.5) is 8.78 Å². The summed E-state index contributed by atoms with van der Waals surface area (Å²) in [6, 6.07) is 1.68. The van der Waals surface area contributed by atoms with Crippen molar-refractivity contribution in [3.8, 4) is 0 Å². The first-order valence-electron chi connectivity index (χ1n) is 5.80. The molecule has 0 aliphatic rings. The van der Waals surface area contributed by atoms with Gasteiger partial charge in [-0.15, -0.1) is 0 Å². The van der Waals surface area contributed by atoms with Gasteiger partial charge in [-0.05, 0) is 25.1 Å². The molecular formula is C12H16BrF2NO2S. The van der Waals surface area contributed by atoms with Crippen molar-refractivity contribution in [3.05, 3.63) is 33.8 Å². The third-order valence-electron chi connectivity index (χ3n) is 2.62. The van der Waals surface area contributed by atoms with Crippen LogP contribution in [0.25, 0.3) is 0 Å². The summed E-state index contributed by atoms with van der Waals surface area (Å²) in [5, 5.41) is 2.91. The first-order chi connectivity index (χ1) is 8.74. The minimum atomic E-state index is -3.17. The molecule has 0 saturated heterocycles. The molecule has 1 unspecified atom stereocenters. The Labute approximate surface area is 120 Å². The van der Waals surface area contributed by atoms with Crippen LogP contribution in [0.1, 0.15) is 24.9 Å². The maximum atomic E-state index is 13.8. The van der Waals surface area contributed by atoms with Gasteiger partial charge >= 0.3 is 0 Å². The van der Waals surface area contributed by atoms with E-state index in [1.54, 1.807) is 6.92 Å². The van der Waals surface area contributed by atoms with E-state index >= 15 is 0 Å². The number of halogens is 3. The normalized spacial score (nSPS) is 13.5. The standard InChI is InChI=1S/C12H16BrF2NO2S/c1-3-16-11(4-5-19(2,17)18)12-9(14)6-8(13)7-10(12)15/h6-7,11,16H,3-5H2,1-2H3. The Morgan fingerprint density at radius 1 is 1.32 bits per heavy atom. The largest absolute Gasteiger partial charge is 0.310 e. The van der Waals surface area contributed by atoms with E-state index in [2.05, 4.69) is 21.2 Å². The lowest BCUT2D eigenvalue weighted by Crippen LogP contribution is -2.25. The summed E-state index contributed by atoms with van der Waals surface area (Å²) in [5.41, 5.74) is -0.117. The van der Waals surface area contributed by atoms with E-state index in [1.165, 1.54) is 12.1 Å². The number of benzene rings is 1. The van der Waals surface area contributed by atoms with Crippen LogP contribution < -0.4 is 5.32 Å². The van der Waals surface area contributed by atoms with Gasteiger partial charge in [0.15, 0.2) is 0 Å². The van der Waals surface area contributed by atoms with Gasteiger partial charge in [0, 0.05) is 22.3 Å². The maximum absolute atomic E-state index is 13.8. The third-order valence-corrected chi connectivity index (χ3v) is 4.06. The second-order valence-corrected chi connectivity index (χ2v) is 7.49. The topological polar surface area (TPSA) is 46.2 Å². The first-order valence-corrected chi connectivity index (χ1v) is 8.65. The molecule has 1 atom stereocenters. The Balaban J connectivity index is 3.05. The molecule has 0 aliphatic heterocycles. The van der Waals surface area contributed by atoms with Gasteiger partial charge in [-0.2, -0.15) is 0 Å². The van der Waals surface area contributed by atoms with E-state index in [1.807, 2.05) is 0 Å². The lowest BCUT2D eigenvalue weighted by molar-refractivity contribution is 0.464.